The highest BCUT2D eigenvalue weighted by Crippen LogP contribution is 2.52. The molecule has 1 fully saturated rings. The zero-order valence-corrected chi connectivity index (χ0v) is 26.0. The van der Waals surface area contributed by atoms with Gasteiger partial charge in [0.1, 0.15) is 5.75 Å². The number of carbonyl (C=O) groups excluding carboxylic acids is 1. The fraction of sp³-hybridized carbons (Fsp3) is 0.355. The number of ether oxygens (including phenoxy) is 1. The van der Waals surface area contributed by atoms with Crippen LogP contribution in [0.5, 0.6) is 5.75 Å². The average Bonchev–Trinajstić information content (AvgIpc) is 2.95. The molecule has 8 nitrogen and oxygen atoms in total. The summed E-state index contributed by atoms with van der Waals surface area (Å²) in [5.41, 5.74) is 0.835. The van der Waals surface area contributed by atoms with Crippen molar-refractivity contribution in [2.45, 2.75) is 51.1 Å². The number of piperidine rings is 1. The Hall–Kier alpha value is -3.27. The SMILES string of the molecule is CCC(CN(c1ccc(OC)cc1)[SH](=O)=O)N1C(=O)C(C)(CC(=O)O)CC(c2cccc(Cl)c2)C1c1ccc(Cl)cc1. The van der Waals surface area contributed by atoms with Gasteiger partial charge in [-0.05, 0) is 72.5 Å². The van der Waals surface area contributed by atoms with Gasteiger partial charge in [-0.2, -0.15) is 0 Å². The normalized spacial score (nSPS) is 21.3. The van der Waals surface area contributed by atoms with Gasteiger partial charge in [0.2, 0.25) is 16.8 Å². The fourth-order valence-corrected chi connectivity index (χ4v) is 6.88. The van der Waals surface area contributed by atoms with Gasteiger partial charge in [0.15, 0.2) is 0 Å². The zero-order valence-electron chi connectivity index (χ0n) is 23.6. The average molecular weight is 634 g/mol. The van der Waals surface area contributed by atoms with Gasteiger partial charge in [-0.1, -0.05) is 61.3 Å². The molecule has 0 aliphatic carbocycles. The lowest BCUT2D eigenvalue weighted by Gasteiger charge is -2.52. The molecule has 1 aliphatic rings. The third-order valence-electron chi connectivity index (χ3n) is 7.95. The molecule has 1 saturated heterocycles. The first-order valence-corrected chi connectivity index (χ1v) is 15.5. The summed E-state index contributed by atoms with van der Waals surface area (Å²) in [6, 6.07) is 20.1. The molecule has 42 heavy (non-hydrogen) atoms. The molecule has 224 valence electrons. The number of methoxy groups -OCH3 is 1. The summed E-state index contributed by atoms with van der Waals surface area (Å²) in [4.78, 5) is 28.2. The lowest BCUT2D eigenvalue weighted by molar-refractivity contribution is -0.160. The maximum atomic E-state index is 14.5. The predicted octanol–water partition coefficient (Wildman–Crippen LogP) is 6.35. The summed E-state index contributed by atoms with van der Waals surface area (Å²) < 4.78 is 31.6. The molecule has 1 aliphatic heterocycles. The number of anilines is 1. The third-order valence-corrected chi connectivity index (χ3v) is 9.22. The highest BCUT2D eigenvalue weighted by molar-refractivity contribution is 7.74. The van der Waals surface area contributed by atoms with Gasteiger partial charge in [0.25, 0.3) is 0 Å². The Labute approximate surface area is 257 Å². The van der Waals surface area contributed by atoms with E-state index in [1.807, 2.05) is 37.3 Å². The fourth-order valence-electron chi connectivity index (χ4n) is 5.91. The van der Waals surface area contributed by atoms with Crippen molar-refractivity contribution in [1.82, 2.24) is 4.90 Å². The Bertz CT molecular complexity index is 1490. The summed E-state index contributed by atoms with van der Waals surface area (Å²) in [5.74, 6) is -1.19. The number of rotatable bonds is 11. The van der Waals surface area contributed by atoms with E-state index in [1.54, 1.807) is 54.3 Å². The minimum atomic E-state index is -3.07. The molecule has 1 amide bonds. The Morgan fingerprint density at radius 1 is 1.07 bits per heavy atom. The molecule has 0 saturated carbocycles. The number of hydrogen-bond donors (Lipinski definition) is 2. The van der Waals surface area contributed by atoms with Crippen LogP contribution in [0.1, 0.15) is 56.2 Å². The van der Waals surface area contributed by atoms with E-state index in [9.17, 15) is 23.1 Å². The molecular formula is C31H34Cl2N2O6S. The van der Waals surface area contributed by atoms with Crippen molar-refractivity contribution in [3.05, 3.63) is 94.0 Å². The maximum absolute atomic E-state index is 14.5. The molecule has 0 spiro atoms. The van der Waals surface area contributed by atoms with Crippen molar-refractivity contribution in [2.75, 3.05) is 18.0 Å². The second-order valence-corrected chi connectivity index (χ2v) is 12.6. The first-order chi connectivity index (χ1) is 20.0. The second-order valence-electron chi connectivity index (χ2n) is 10.8. The van der Waals surface area contributed by atoms with E-state index in [0.717, 1.165) is 11.1 Å². The van der Waals surface area contributed by atoms with Gasteiger partial charge >= 0.3 is 5.97 Å². The molecule has 0 aromatic heterocycles. The smallest absolute Gasteiger partial charge is 0.304 e. The van der Waals surface area contributed by atoms with Crippen LogP contribution in [0.4, 0.5) is 5.69 Å². The molecule has 4 unspecified atom stereocenters. The number of likely N-dealkylation sites (tertiary alicyclic amines) is 1. The molecule has 3 aromatic carbocycles. The van der Waals surface area contributed by atoms with Gasteiger partial charge in [-0.15, -0.1) is 0 Å². The summed E-state index contributed by atoms with van der Waals surface area (Å²) in [6.07, 6.45) is 0.301. The van der Waals surface area contributed by atoms with Crippen LogP contribution in [-0.2, 0) is 20.5 Å². The minimum absolute atomic E-state index is 0.0250. The molecule has 11 heteroatoms. The molecule has 1 N–H and O–H groups in total. The Morgan fingerprint density at radius 3 is 2.29 bits per heavy atom. The number of amides is 1. The van der Waals surface area contributed by atoms with E-state index in [1.165, 1.54) is 11.4 Å². The first kappa shape index (κ1) is 31.7. The molecule has 4 atom stereocenters. The van der Waals surface area contributed by atoms with Crippen LogP contribution < -0.4 is 9.04 Å². The van der Waals surface area contributed by atoms with Crippen LogP contribution in [0, 0.1) is 5.41 Å². The number of aliphatic carboxylic acids is 1. The van der Waals surface area contributed by atoms with Crippen molar-refractivity contribution in [3.8, 4) is 5.75 Å². The van der Waals surface area contributed by atoms with Crippen molar-refractivity contribution in [1.29, 1.82) is 0 Å². The van der Waals surface area contributed by atoms with E-state index >= 15 is 0 Å². The lowest BCUT2D eigenvalue weighted by atomic mass is 9.67. The summed E-state index contributed by atoms with van der Waals surface area (Å²) >= 11 is 12.6. The van der Waals surface area contributed by atoms with Gasteiger partial charge < -0.3 is 14.7 Å². The number of carboxylic acid groups (broad SMARTS) is 1. The van der Waals surface area contributed by atoms with Crippen molar-refractivity contribution in [2.24, 2.45) is 5.41 Å². The number of hydrogen-bond acceptors (Lipinski definition) is 5. The van der Waals surface area contributed by atoms with Gasteiger partial charge in [0, 0.05) is 16.0 Å². The van der Waals surface area contributed by atoms with Gasteiger partial charge in [-0.25, -0.2) is 8.42 Å². The summed E-state index contributed by atoms with van der Waals surface area (Å²) in [5, 5.41) is 10.9. The minimum Gasteiger partial charge on any atom is -0.497 e. The zero-order chi connectivity index (χ0) is 30.6. The van der Waals surface area contributed by atoms with Crippen LogP contribution in [0.2, 0.25) is 10.0 Å². The maximum Gasteiger partial charge on any atom is 0.304 e. The molecular weight excluding hydrogens is 599 g/mol. The van der Waals surface area contributed by atoms with Crippen molar-refractivity contribution < 1.29 is 27.9 Å². The molecule has 0 radical (unpaired) electrons. The Kier molecular flexibility index (Phi) is 10.1. The van der Waals surface area contributed by atoms with E-state index in [4.69, 9.17) is 27.9 Å². The number of halogens is 2. The van der Waals surface area contributed by atoms with Gasteiger partial charge in [0.05, 0.1) is 43.3 Å². The number of carboxylic acids is 1. The monoisotopic (exact) mass is 632 g/mol. The van der Waals surface area contributed by atoms with Crippen LogP contribution >= 0.6 is 23.2 Å². The van der Waals surface area contributed by atoms with Crippen molar-refractivity contribution in [3.63, 3.8) is 0 Å². The lowest BCUT2D eigenvalue weighted by Crippen LogP contribution is -2.58. The largest absolute Gasteiger partial charge is 0.497 e. The molecule has 4 rings (SSSR count). The number of carbonyl (C=O) groups is 2. The second kappa shape index (κ2) is 13.4. The first-order valence-electron chi connectivity index (χ1n) is 13.6. The van der Waals surface area contributed by atoms with Crippen LogP contribution in [0.25, 0.3) is 0 Å². The van der Waals surface area contributed by atoms with Crippen molar-refractivity contribution >= 4 is 51.7 Å². The topological polar surface area (TPSA) is 104 Å². The Morgan fingerprint density at radius 2 is 1.74 bits per heavy atom. The molecule has 3 aromatic rings. The number of thiol groups is 1. The highest BCUT2D eigenvalue weighted by atomic mass is 35.5. The number of nitrogens with zero attached hydrogens (tertiary/aromatic N) is 2. The molecule has 0 bridgehead atoms. The van der Waals surface area contributed by atoms with Crippen LogP contribution in [-0.4, -0.2) is 50.0 Å². The van der Waals surface area contributed by atoms with Crippen LogP contribution in [0.15, 0.2) is 72.8 Å². The standard InChI is InChI=1S/C31H34Cl2N2O6S/c1-4-24(19-34(42(39)40)25-12-14-26(41-3)15-13-25)35-29(20-8-10-22(32)11-9-20)27(21-6-5-7-23(33)16-21)17-31(2,30(35)38)18-28(36)37/h5-16,24,27,29,42H,4,17-19H2,1-3H3,(H,36,37). The predicted molar refractivity (Wildman–Crippen MR) is 165 cm³/mol. The van der Waals surface area contributed by atoms with E-state index < -0.39 is 34.4 Å². The van der Waals surface area contributed by atoms with E-state index in [0.29, 0.717) is 27.9 Å². The molecule has 1 heterocycles. The number of benzene rings is 3. The van der Waals surface area contributed by atoms with E-state index in [2.05, 4.69) is 0 Å². The van der Waals surface area contributed by atoms with Gasteiger partial charge in [-0.3, -0.25) is 13.9 Å². The van der Waals surface area contributed by atoms with Crippen LogP contribution in [0.3, 0.4) is 0 Å². The summed E-state index contributed by atoms with van der Waals surface area (Å²) in [6.45, 7) is 3.54. The Balaban J connectivity index is 1.88. The third kappa shape index (κ3) is 6.85. The quantitative estimate of drug-likeness (QED) is 0.239. The summed E-state index contributed by atoms with van der Waals surface area (Å²) in [7, 11) is -1.55. The van der Waals surface area contributed by atoms with E-state index in [-0.39, 0.29) is 31.2 Å². The highest BCUT2D eigenvalue weighted by Gasteiger charge is 2.52.